The third-order valence-corrected chi connectivity index (χ3v) is 5.64. The molecule has 1 atom stereocenters. The van der Waals surface area contributed by atoms with Crippen LogP contribution < -0.4 is 4.90 Å². The highest BCUT2D eigenvalue weighted by Crippen LogP contribution is 2.48. The molecule has 2 aromatic rings. The van der Waals surface area contributed by atoms with Crippen molar-refractivity contribution < 1.29 is 9.59 Å². The zero-order valence-electron chi connectivity index (χ0n) is 16.2. The van der Waals surface area contributed by atoms with E-state index in [1.54, 1.807) is 4.90 Å². The van der Waals surface area contributed by atoms with Crippen LogP contribution in [0.4, 0.5) is 5.69 Å². The minimum absolute atomic E-state index is 0.0666. The molecule has 0 bridgehead atoms. The lowest BCUT2D eigenvalue weighted by Crippen LogP contribution is -2.43. The molecule has 0 radical (unpaired) electrons. The summed E-state index contributed by atoms with van der Waals surface area (Å²) in [4.78, 5) is 28.2. The lowest BCUT2D eigenvalue weighted by molar-refractivity contribution is -0.121. The molecule has 138 valence electrons. The normalized spacial score (nSPS) is 22.0. The summed E-state index contributed by atoms with van der Waals surface area (Å²) in [7, 11) is 0. The van der Waals surface area contributed by atoms with Crippen LogP contribution in [0.5, 0.6) is 0 Å². The number of nitrogens with zero attached hydrogens (tertiary/aromatic N) is 1. The molecule has 1 heterocycles. The van der Waals surface area contributed by atoms with Gasteiger partial charge in [-0.05, 0) is 36.5 Å². The van der Waals surface area contributed by atoms with Gasteiger partial charge >= 0.3 is 0 Å². The molecule has 1 amide bonds. The Bertz CT molecular complexity index is 923. The number of hydrogen-bond acceptors (Lipinski definition) is 2. The maximum Gasteiger partial charge on any atom is 0.232 e. The lowest BCUT2D eigenvalue weighted by atomic mass is 9.69. The molecule has 4 rings (SSSR count). The van der Waals surface area contributed by atoms with Crippen LogP contribution in [-0.2, 0) is 9.59 Å². The molecule has 1 aliphatic heterocycles. The molecule has 0 unspecified atom stereocenters. The van der Waals surface area contributed by atoms with Crippen molar-refractivity contribution in [2.75, 3.05) is 4.90 Å². The Morgan fingerprint density at radius 1 is 0.926 bits per heavy atom. The average molecular weight is 359 g/mol. The minimum Gasteiger partial charge on any atom is -0.294 e. The molecule has 1 aliphatic carbocycles. The molecule has 0 saturated heterocycles. The number of amides is 1. The maximum absolute atomic E-state index is 13.2. The van der Waals surface area contributed by atoms with Crippen molar-refractivity contribution in [3.05, 3.63) is 77.0 Å². The van der Waals surface area contributed by atoms with Crippen LogP contribution in [0, 0.1) is 12.3 Å². The molecular weight excluding hydrogens is 334 g/mol. The number of carbonyl (C=O) groups is 2. The molecule has 0 N–H and O–H groups in total. The fraction of sp³-hybridized carbons (Fsp3) is 0.333. The second kappa shape index (κ2) is 6.49. The highest BCUT2D eigenvalue weighted by atomic mass is 16.2. The summed E-state index contributed by atoms with van der Waals surface area (Å²) in [6, 6.07) is 18.0. The smallest absolute Gasteiger partial charge is 0.232 e. The number of hydrogen-bond donors (Lipinski definition) is 0. The molecule has 0 saturated carbocycles. The number of rotatable bonds is 2. The van der Waals surface area contributed by atoms with E-state index >= 15 is 0 Å². The first kappa shape index (κ1) is 17.7. The lowest BCUT2D eigenvalue weighted by Gasteiger charge is -2.43. The zero-order chi connectivity index (χ0) is 19.2. The zero-order valence-corrected chi connectivity index (χ0v) is 16.2. The van der Waals surface area contributed by atoms with Crippen LogP contribution in [0.25, 0.3) is 0 Å². The van der Waals surface area contributed by atoms with Gasteiger partial charge in [-0.2, -0.15) is 0 Å². The van der Waals surface area contributed by atoms with Gasteiger partial charge in [-0.25, -0.2) is 0 Å². The third-order valence-electron chi connectivity index (χ3n) is 5.64. The summed E-state index contributed by atoms with van der Waals surface area (Å²) in [5, 5.41) is 0. The summed E-state index contributed by atoms with van der Waals surface area (Å²) in [6.45, 7) is 6.25. The number of ketones is 1. The molecule has 2 aliphatic rings. The SMILES string of the molecule is Cc1ccc(N2C(=O)C[C@H](c3ccccc3)C3=C2CC(C)(C)CC3=O)cc1. The van der Waals surface area contributed by atoms with Crippen molar-refractivity contribution >= 4 is 17.4 Å². The van der Waals surface area contributed by atoms with Crippen LogP contribution in [0.15, 0.2) is 65.9 Å². The summed E-state index contributed by atoms with van der Waals surface area (Å²) in [6.07, 6.45) is 1.60. The van der Waals surface area contributed by atoms with Crippen molar-refractivity contribution in [2.24, 2.45) is 5.41 Å². The van der Waals surface area contributed by atoms with E-state index in [-0.39, 0.29) is 23.0 Å². The fourth-order valence-corrected chi connectivity index (χ4v) is 4.38. The first-order valence-corrected chi connectivity index (χ1v) is 9.56. The highest BCUT2D eigenvalue weighted by Gasteiger charge is 2.44. The Kier molecular flexibility index (Phi) is 4.26. The Labute approximate surface area is 160 Å². The molecule has 2 aromatic carbocycles. The van der Waals surface area contributed by atoms with Gasteiger partial charge in [-0.1, -0.05) is 61.9 Å². The van der Waals surface area contributed by atoms with Crippen molar-refractivity contribution in [3.8, 4) is 0 Å². The topological polar surface area (TPSA) is 37.4 Å². The first-order chi connectivity index (χ1) is 12.9. The van der Waals surface area contributed by atoms with E-state index < -0.39 is 0 Å². The second-order valence-electron chi connectivity index (χ2n) is 8.53. The Morgan fingerprint density at radius 3 is 2.26 bits per heavy atom. The average Bonchev–Trinajstić information content (AvgIpc) is 2.62. The van der Waals surface area contributed by atoms with Gasteiger partial charge in [0.15, 0.2) is 5.78 Å². The summed E-state index contributed by atoms with van der Waals surface area (Å²) in [5.74, 6) is 0.107. The first-order valence-electron chi connectivity index (χ1n) is 9.56. The molecule has 3 nitrogen and oxygen atoms in total. The quantitative estimate of drug-likeness (QED) is 0.743. The van der Waals surface area contributed by atoms with Crippen molar-refractivity contribution in [1.82, 2.24) is 0 Å². The van der Waals surface area contributed by atoms with E-state index in [9.17, 15) is 9.59 Å². The summed E-state index contributed by atoms with van der Waals surface area (Å²) < 4.78 is 0. The summed E-state index contributed by atoms with van der Waals surface area (Å²) in [5.41, 5.74) is 4.65. The maximum atomic E-state index is 13.2. The standard InChI is InChI=1S/C24H25NO2/c1-16-9-11-18(12-10-16)25-20-14-24(2,3)15-21(26)23(20)19(13-22(25)27)17-7-5-4-6-8-17/h4-12,19H,13-15H2,1-3H3/t19-/m1/s1. The van der Waals surface area contributed by atoms with Crippen LogP contribution in [0.2, 0.25) is 0 Å². The number of Topliss-reactive ketones (excluding diaryl/α,β-unsaturated/α-hetero) is 1. The van der Waals surface area contributed by atoms with Crippen LogP contribution >= 0.6 is 0 Å². The van der Waals surface area contributed by atoms with Crippen LogP contribution in [-0.4, -0.2) is 11.7 Å². The largest absolute Gasteiger partial charge is 0.294 e. The van der Waals surface area contributed by atoms with Gasteiger partial charge in [0.2, 0.25) is 5.91 Å². The molecule has 0 aromatic heterocycles. The molecule has 0 spiro atoms. The Balaban J connectivity index is 1.89. The highest BCUT2D eigenvalue weighted by molar-refractivity contribution is 6.07. The van der Waals surface area contributed by atoms with Gasteiger partial charge in [-0.15, -0.1) is 0 Å². The van der Waals surface area contributed by atoms with Gasteiger partial charge in [-0.3, -0.25) is 14.5 Å². The number of benzene rings is 2. The minimum atomic E-state index is -0.141. The van der Waals surface area contributed by atoms with Gasteiger partial charge in [0.1, 0.15) is 0 Å². The van der Waals surface area contributed by atoms with Crippen LogP contribution in [0.1, 0.15) is 50.2 Å². The van der Waals surface area contributed by atoms with Crippen LogP contribution in [0.3, 0.4) is 0 Å². The number of anilines is 1. The van der Waals surface area contributed by atoms with Crippen molar-refractivity contribution in [2.45, 2.75) is 46.0 Å². The molecule has 0 fully saturated rings. The monoisotopic (exact) mass is 359 g/mol. The van der Waals surface area contributed by atoms with Crippen molar-refractivity contribution in [1.29, 1.82) is 0 Å². The van der Waals surface area contributed by atoms with E-state index in [0.717, 1.165) is 34.5 Å². The Morgan fingerprint density at radius 2 is 1.59 bits per heavy atom. The molecule has 3 heteroatoms. The Hall–Kier alpha value is -2.68. The van der Waals surface area contributed by atoms with Gasteiger partial charge in [0.25, 0.3) is 0 Å². The van der Waals surface area contributed by atoms with E-state index in [4.69, 9.17) is 0 Å². The third kappa shape index (κ3) is 3.23. The van der Waals surface area contributed by atoms with Gasteiger partial charge in [0, 0.05) is 35.7 Å². The summed E-state index contributed by atoms with van der Waals surface area (Å²) >= 11 is 0. The number of aryl methyl sites for hydroxylation is 1. The predicted octanol–water partition coefficient (Wildman–Crippen LogP) is 5.16. The van der Waals surface area contributed by atoms with E-state index in [1.165, 1.54) is 0 Å². The van der Waals surface area contributed by atoms with E-state index in [1.807, 2.05) is 61.5 Å². The second-order valence-corrected chi connectivity index (χ2v) is 8.53. The predicted molar refractivity (Wildman–Crippen MR) is 108 cm³/mol. The van der Waals surface area contributed by atoms with Gasteiger partial charge in [0.05, 0.1) is 0 Å². The van der Waals surface area contributed by atoms with E-state index in [2.05, 4.69) is 13.8 Å². The molecular formula is C24H25NO2. The molecule has 27 heavy (non-hydrogen) atoms. The number of carbonyl (C=O) groups excluding carboxylic acids is 2. The van der Waals surface area contributed by atoms with Crippen molar-refractivity contribution in [3.63, 3.8) is 0 Å². The fourth-order valence-electron chi connectivity index (χ4n) is 4.38. The number of allylic oxidation sites excluding steroid dienone is 2. The van der Waals surface area contributed by atoms with Gasteiger partial charge < -0.3 is 0 Å². The van der Waals surface area contributed by atoms with E-state index in [0.29, 0.717) is 12.8 Å².